The van der Waals surface area contributed by atoms with E-state index in [1.165, 1.54) is 10.8 Å². The van der Waals surface area contributed by atoms with E-state index >= 15 is 0 Å². The maximum atomic E-state index is 13.0. The van der Waals surface area contributed by atoms with Crippen molar-refractivity contribution < 1.29 is 19.8 Å². The van der Waals surface area contributed by atoms with E-state index in [0.29, 0.717) is 21.7 Å². The van der Waals surface area contributed by atoms with Gasteiger partial charge in [0.2, 0.25) is 0 Å². The van der Waals surface area contributed by atoms with Gasteiger partial charge in [-0.2, -0.15) is 0 Å². The highest BCUT2D eigenvalue weighted by Crippen LogP contribution is 2.25. The number of aliphatic carboxylic acids is 1. The summed E-state index contributed by atoms with van der Waals surface area (Å²) in [6, 6.07) is 12.6. The van der Waals surface area contributed by atoms with Gasteiger partial charge in [0.1, 0.15) is 5.75 Å². The number of nitrogens with one attached hydrogen (secondary N) is 2. The fraction of sp³-hybridized carbons (Fsp3) is 0.240. The van der Waals surface area contributed by atoms with Gasteiger partial charge in [-0.05, 0) is 36.1 Å². The summed E-state index contributed by atoms with van der Waals surface area (Å²) in [6.45, 7) is 3.74. The van der Waals surface area contributed by atoms with Crippen molar-refractivity contribution >= 4 is 29.3 Å². The van der Waals surface area contributed by atoms with E-state index in [1.807, 2.05) is 19.1 Å². The van der Waals surface area contributed by atoms with E-state index in [2.05, 4.69) is 10.6 Å². The highest BCUT2D eigenvalue weighted by Gasteiger charge is 2.21. The molecular formula is C25H26ClN3O5. The van der Waals surface area contributed by atoms with E-state index < -0.39 is 23.6 Å². The van der Waals surface area contributed by atoms with Gasteiger partial charge in [0.15, 0.2) is 5.69 Å². The molecule has 34 heavy (non-hydrogen) atoms. The lowest BCUT2D eigenvalue weighted by Crippen LogP contribution is -2.36. The van der Waals surface area contributed by atoms with Gasteiger partial charge in [-0.15, -0.1) is 0 Å². The van der Waals surface area contributed by atoms with Crippen molar-refractivity contribution in [3.63, 3.8) is 0 Å². The van der Waals surface area contributed by atoms with Crippen LogP contribution in [-0.2, 0) is 17.8 Å². The minimum absolute atomic E-state index is 0.140. The highest BCUT2D eigenvalue weighted by atomic mass is 35.5. The lowest BCUT2D eigenvalue weighted by atomic mass is 10.0. The molecule has 0 radical (unpaired) electrons. The minimum atomic E-state index is -1.09. The summed E-state index contributed by atoms with van der Waals surface area (Å²) in [5, 5.41) is 25.2. The van der Waals surface area contributed by atoms with Crippen LogP contribution in [0.4, 0.5) is 10.5 Å². The molecule has 3 rings (SSSR count). The normalized spacial score (nSPS) is 11.6. The van der Waals surface area contributed by atoms with Crippen LogP contribution in [0.15, 0.2) is 59.5 Å². The second-order valence-electron chi connectivity index (χ2n) is 7.90. The predicted octanol–water partition coefficient (Wildman–Crippen LogP) is 4.46. The first-order valence-corrected chi connectivity index (χ1v) is 11.1. The summed E-state index contributed by atoms with van der Waals surface area (Å²) in [5.74, 6) is -1.46. The lowest BCUT2D eigenvalue weighted by molar-refractivity contribution is -0.137. The molecule has 0 aliphatic rings. The zero-order valence-corrected chi connectivity index (χ0v) is 19.6. The molecule has 1 aromatic heterocycles. The number of halogens is 1. The van der Waals surface area contributed by atoms with Crippen LogP contribution in [0.2, 0.25) is 5.02 Å². The number of aromatic hydroxyl groups is 1. The van der Waals surface area contributed by atoms with Crippen molar-refractivity contribution in [3.8, 4) is 5.75 Å². The monoisotopic (exact) mass is 483 g/mol. The van der Waals surface area contributed by atoms with E-state index in [1.54, 1.807) is 43.3 Å². The number of carbonyl (C=O) groups excluding carboxylic acids is 1. The summed E-state index contributed by atoms with van der Waals surface area (Å²) in [6.07, 6.45) is 1.95. The number of amides is 2. The summed E-state index contributed by atoms with van der Waals surface area (Å²) in [4.78, 5) is 37.1. The fourth-order valence-electron chi connectivity index (χ4n) is 3.56. The number of aryl methyl sites for hydroxylation is 2. The van der Waals surface area contributed by atoms with Gasteiger partial charge < -0.3 is 25.4 Å². The van der Waals surface area contributed by atoms with Gasteiger partial charge in [0.05, 0.1) is 19.0 Å². The molecule has 0 aliphatic carbocycles. The molecule has 2 aromatic carbocycles. The van der Waals surface area contributed by atoms with Gasteiger partial charge in [-0.1, -0.05) is 61.0 Å². The molecule has 0 saturated carbocycles. The second-order valence-corrected chi connectivity index (χ2v) is 8.31. The van der Waals surface area contributed by atoms with Crippen LogP contribution in [0.1, 0.15) is 41.6 Å². The quantitative estimate of drug-likeness (QED) is 0.377. The largest absolute Gasteiger partial charge is 0.505 e. The number of hydrogen-bond donors (Lipinski definition) is 4. The van der Waals surface area contributed by atoms with Gasteiger partial charge in [-0.25, -0.2) is 4.79 Å². The summed E-state index contributed by atoms with van der Waals surface area (Å²) in [5.41, 5.74) is 1.83. The molecule has 0 unspecified atom stereocenters. The molecule has 1 atom stereocenters. The number of nitrogens with zero attached hydrogens (tertiary/aromatic N) is 1. The van der Waals surface area contributed by atoms with Crippen molar-refractivity contribution in [1.29, 1.82) is 0 Å². The average Bonchev–Trinajstić information content (AvgIpc) is 2.81. The number of rotatable bonds is 8. The summed E-state index contributed by atoms with van der Waals surface area (Å²) in [7, 11) is 0. The molecule has 3 aromatic rings. The van der Waals surface area contributed by atoms with Crippen molar-refractivity contribution in [2.45, 2.75) is 39.3 Å². The van der Waals surface area contributed by atoms with E-state index in [0.717, 1.165) is 12.0 Å². The van der Waals surface area contributed by atoms with Gasteiger partial charge in [-0.3, -0.25) is 9.59 Å². The Morgan fingerprint density at radius 2 is 1.79 bits per heavy atom. The number of carboxylic acids is 1. The number of hydrogen-bond acceptors (Lipinski definition) is 4. The number of aromatic nitrogens is 1. The first kappa shape index (κ1) is 24.9. The number of urea groups is 1. The number of pyridine rings is 1. The number of benzene rings is 2. The van der Waals surface area contributed by atoms with Gasteiger partial charge >= 0.3 is 12.0 Å². The van der Waals surface area contributed by atoms with Crippen LogP contribution in [0.25, 0.3) is 0 Å². The van der Waals surface area contributed by atoms with Crippen LogP contribution < -0.4 is 16.2 Å². The third-order valence-corrected chi connectivity index (χ3v) is 5.81. The summed E-state index contributed by atoms with van der Waals surface area (Å²) < 4.78 is 1.34. The maximum Gasteiger partial charge on any atom is 0.319 e. The molecule has 0 bridgehead atoms. The van der Waals surface area contributed by atoms with Crippen LogP contribution in [0, 0.1) is 6.92 Å². The molecular weight excluding hydrogens is 458 g/mol. The Morgan fingerprint density at radius 1 is 1.12 bits per heavy atom. The molecule has 0 saturated heterocycles. The third kappa shape index (κ3) is 5.96. The van der Waals surface area contributed by atoms with Gasteiger partial charge in [0.25, 0.3) is 5.56 Å². The Balaban J connectivity index is 1.85. The van der Waals surface area contributed by atoms with E-state index in [9.17, 15) is 24.6 Å². The highest BCUT2D eigenvalue weighted by molar-refractivity contribution is 6.31. The Labute approximate surface area is 201 Å². The van der Waals surface area contributed by atoms with Crippen molar-refractivity contribution in [3.05, 3.63) is 92.4 Å². The first-order valence-electron chi connectivity index (χ1n) is 10.7. The number of carboxylic acid groups (broad SMARTS) is 1. The topological polar surface area (TPSA) is 121 Å². The van der Waals surface area contributed by atoms with Crippen molar-refractivity contribution in [2.75, 3.05) is 5.32 Å². The maximum absolute atomic E-state index is 13.0. The molecule has 9 heteroatoms. The van der Waals surface area contributed by atoms with Crippen LogP contribution in [0.3, 0.4) is 0 Å². The van der Waals surface area contributed by atoms with Gasteiger partial charge in [0, 0.05) is 16.8 Å². The fourth-order valence-corrected chi connectivity index (χ4v) is 3.75. The van der Waals surface area contributed by atoms with Crippen LogP contribution >= 0.6 is 11.6 Å². The SMILES string of the molecule is CCc1ccc([C@H](CC(=O)O)NC(=O)Nc2c(O)c(C)cn(Cc3ccccc3Cl)c2=O)cc1. The number of carbonyl (C=O) groups is 2. The standard InChI is InChI=1S/C25H26ClN3O5/c1-3-16-8-10-17(11-9-16)20(12-21(30)31)27-25(34)28-22-23(32)15(2)13-29(24(22)33)14-18-6-4-5-7-19(18)26/h4-11,13,20,32H,3,12,14H2,1-2H3,(H,30,31)(H2,27,28,34)/t20-/m0/s1. The molecule has 178 valence electrons. The molecule has 8 nitrogen and oxygen atoms in total. The Hall–Kier alpha value is -3.78. The van der Waals surface area contributed by atoms with E-state index in [4.69, 9.17) is 11.6 Å². The second kappa shape index (κ2) is 10.9. The smallest absolute Gasteiger partial charge is 0.319 e. The minimum Gasteiger partial charge on any atom is -0.505 e. The lowest BCUT2D eigenvalue weighted by Gasteiger charge is -2.19. The molecule has 4 N–H and O–H groups in total. The Morgan fingerprint density at radius 3 is 2.41 bits per heavy atom. The number of anilines is 1. The zero-order valence-electron chi connectivity index (χ0n) is 18.8. The zero-order chi connectivity index (χ0) is 24.8. The average molecular weight is 484 g/mol. The van der Waals surface area contributed by atoms with Crippen molar-refractivity contribution in [2.24, 2.45) is 0 Å². The summed E-state index contributed by atoms with van der Waals surface area (Å²) >= 11 is 6.21. The van der Waals surface area contributed by atoms with E-state index in [-0.39, 0.29) is 24.4 Å². The molecule has 0 fully saturated rings. The third-order valence-electron chi connectivity index (χ3n) is 5.45. The predicted molar refractivity (Wildman–Crippen MR) is 131 cm³/mol. The molecule has 1 heterocycles. The Bertz CT molecular complexity index is 1250. The molecule has 0 spiro atoms. The van der Waals surface area contributed by atoms with Crippen molar-refractivity contribution in [1.82, 2.24) is 9.88 Å². The molecule has 0 aliphatic heterocycles. The van der Waals surface area contributed by atoms with Crippen LogP contribution in [-0.4, -0.2) is 26.8 Å². The molecule has 2 amide bonds. The first-order chi connectivity index (χ1) is 16.2. The Kier molecular flexibility index (Phi) is 7.96. The van der Waals surface area contributed by atoms with Crippen LogP contribution in [0.5, 0.6) is 5.75 Å².